The van der Waals surface area contributed by atoms with E-state index in [1.807, 2.05) is 42.6 Å². The molecule has 2 amide bonds. The number of furan rings is 2. The van der Waals surface area contributed by atoms with E-state index in [2.05, 4.69) is 31.0 Å². The van der Waals surface area contributed by atoms with Crippen LogP contribution in [0.15, 0.2) is 140 Å². The number of nitrogens with one attached hydrogen (secondary N) is 2. The van der Waals surface area contributed by atoms with Crippen LogP contribution in [0.5, 0.6) is 0 Å². The van der Waals surface area contributed by atoms with E-state index in [1.54, 1.807) is 40.9 Å². The molecule has 7 rings (SSSR count). The Kier molecular flexibility index (Phi) is 11.8. The molecule has 0 aliphatic rings. The van der Waals surface area contributed by atoms with Gasteiger partial charge in [-0.1, -0.05) is 24.3 Å². The maximum atomic E-state index is 13.1. The molecule has 4 heterocycles. The molecule has 0 unspecified atom stereocenters. The number of aromatic nitrogens is 2. The minimum Gasteiger partial charge on any atom is -0.448 e. The van der Waals surface area contributed by atoms with Crippen molar-refractivity contribution >= 4 is 80.7 Å². The third-order valence-corrected chi connectivity index (χ3v) is 10.3. The highest BCUT2D eigenvalue weighted by Gasteiger charge is 2.10. The predicted molar refractivity (Wildman–Crippen MR) is 195 cm³/mol. The Bertz CT molecular complexity index is 2320. The quantitative estimate of drug-likeness (QED) is 0.104. The fourth-order valence-electron chi connectivity index (χ4n) is 4.06. The Labute approximate surface area is 305 Å². The molecule has 4 aromatic heterocycles. The number of hydrogen-bond donors (Lipinski definition) is 2. The van der Waals surface area contributed by atoms with Crippen molar-refractivity contribution in [2.24, 2.45) is 10.2 Å². The highest BCUT2D eigenvalue weighted by Crippen LogP contribution is 2.35. The smallest absolute Gasteiger partial charge is 0.271 e. The third-order valence-electron chi connectivity index (χ3n) is 6.34. The van der Waals surface area contributed by atoms with Crippen LogP contribution in [0.4, 0.5) is 8.78 Å². The zero-order valence-electron chi connectivity index (χ0n) is 26.3. The minimum absolute atomic E-state index is 0.193. The summed E-state index contributed by atoms with van der Waals surface area (Å²) in [6, 6.07) is 25.8. The lowest BCUT2D eigenvalue weighted by Crippen LogP contribution is -2.17. The van der Waals surface area contributed by atoms with Gasteiger partial charge in [0, 0.05) is 22.2 Å². The van der Waals surface area contributed by atoms with Gasteiger partial charge in [-0.05, 0) is 103 Å². The van der Waals surface area contributed by atoms with Crippen molar-refractivity contribution in [3.63, 3.8) is 0 Å². The summed E-state index contributed by atoms with van der Waals surface area (Å²) >= 11 is 5.98. The van der Waals surface area contributed by atoms with Crippen molar-refractivity contribution in [2.75, 3.05) is 0 Å². The molecule has 3 aromatic carbocycles. The lowest BCUT2D eigenvalue weighted by atomic mass is 10.2. The summed E-state index contributed by atoms with van der Waals surface area (Å²) in [5.74, 6) is -0.971. The van der Waals surface area contributed by atoms with Gasteiger partial charge in [0.2, 0.25) is 0 Å². The second-order valence-electron chi connectivity index (χ2n) is 10.1. The van der Waals surface area contributed by atoms with E-state index in [0.29, 0.717) is 21.7 Å². The Morgan fingerprint density at radius 1 is 0.725 bits per heavy atom. The van der Waals surface area contributed by atoms with Crippen LogP contribution in [-0.4, -0.2) is 34.2 Å². The number of hydrazone groups is 2. The number of nitrogens with zero attached hydrogens (tertiary/aromatic N) is 4. The summed E-state index contributed by atoms with van der Waals surface area (Å²) in [6.45, 7) is 1.93. The molecule has 51 heavy (non-hydrogen) atoms. The van der Waals surface area contributed by atoms with Gasteiger partial charge in [-0.3, -0.25) is 9.59 Å². The molecule has 0 spiro atoms. The fraction of sp³-hybridized carbons (Fsp3) is 0.0286. The van der Waals surface area contributed by atoms with Gasteiger partial charge < -0.3 is 8.83 Å². The van der Waals surface area contributed by atoms with Gasteiger partial charge in [0.05, 0.1) is 22.6 Å². The fourth-order valence-corrected chi connectivity index (χ4v) is 7.77. The molecule has 256 valence electrons. The Balaban J connectivity index is 0.000000177. The largest absolute Gasteiger partial charge is 0.448 e. The van der Waals surface area contributed by atoms with Gasteiger partial charge >= 0.3 is 0 Å². The number of benzene rings is 3. The van der Waals surface area contributed by atoms with Crippen molar-refractivity contribution < 1.29 is 27.2 Å². The number of thiazole rings is 2. The number of para-hydroxylation sites is 1. The highest BCUT2D eigenvalue weighted by molar-refractivity contribution is 8.01. The van der Waals surface area contributed by atoms with Crippen LogP contribution >= 0.6 is 46.2 Å². The van der Waals surface area contributed by atoms with Gasteiger partial charge in [0.1, 0.15) is 23.2 Å². The molecule has 7 aromatic rings. The van der Waals surface area contributed by atoms with E-state index >= 15 is 0 Å². The van der Waals surface area contributed by atoms with Crippen molar-refractivity contribution in [1.29, 1.82) is 0 Å². The van der Waals surface area contributed by atoms with Crippen molar-refractivity contribution in [3.05, 3.63) is 142 Å². The van der Waals surface area contributed by atoms with Crippen LogP contribution in [0, 0.1) is 18.6 Å². The molecule has 2 N–H and O–H groups in total. The maximum absolute atomic E-state index is 13.1. The second-order valence-corrected chi connectivity index (χ2v) is 14.5. The minimum atomic E-state index is -0.499. The summed E-state index contributed by atoms with van der Waals surface area (Å²) in [6.07, 6.45) is 2.77. The summed E-state index contributed by atoms with van der Waals surface area (Å²) in [4.78, 5) is 32.6. The van der Waals surface area contributed by atoms with E-state index in [9.17, 15) is 18.4 Å². The Morgan fingerprint density at radius 2 is 1.29 bits per heavy atom. The van der Waals surface area contributed by atoms with E-state index in [1.165, 1.54) is 72.4 Å². The molecule has 0 fully saturated rings. The van der Waals surface area contributed by atoms with Crippen molar-refractivity contribution in [1.82, 2.24) is 20.8 Å². The maximum Gasteiger partial charge on any atom is 0.271 e. The first-order valence-electron chi connectivity index (χ1n) is 14.8. The summed E-state index contributed by atoms with van der Waals surface area (Å²) in [5, 5.41) is 11.0. The molecule has 0 radical (unpaired) electrons. The molecule has 0 saturated carbocycles. The average Bonchev–Trinajstić information content (AvgIpc) is 3.94. The van der Waals surface area contributed by atoms with E-state index in [0.717, 1.165) is 36.7 Å². The molecule has 0 saturated heterocycles. The number of fused-ring (bicyclic) bond motifs is 1. The first-order chi connectivity index (χ1) is 24.8. The summed E-state index contributed by atoms with van der Waals surface area (Å²) in [5.41, 5.74) is 6.98. The van der Waals surface area contributed by atoms with Gasteiger partial charge in [-0.2, -0.15) is 10.2 Å². The van der Waals surface area contributed by atoms with Crippen molar-refractivity contribution in [2.45, 2.75) is 25.8 Å². The average molecular weight is 759 g/mol. The van der Waals surface area contributed by atoms with E-state index < -0.39 is 23.4 Å². The SMILES string of the molecule is Cc1csc(Sc2ccc(/C=N/NC(=O)c3cccc(F)c3)o2)n1.O=C(N/N=C/c1ccc(Sc2nc3ccccc3s2)o1)c1cccc(F)c1. The monoisotopic (exact) mass is 758 g/mol. The number of carbonyl (C=O) groups excluding carboxylic acids is 2. The molecule has 0 bridgehead atoms. The van der Waals surface area contributed by atoms with E-state index in [-0.39, 0.29) is 11.1 Å². The number of hydrogen-bond acceptors (Lipinski definition) is 12. The normalized spacial score (nSPS) is 11.2. The van der Waals surface area contributed by atoms with Crippen LogP contribution in [0.1, 0.15) is 37.9 Å². The molecular weight excluding hydrogens is 735 g/mol. The first-order valence-corrected chi connectivity index (χ1v) is 18.1. The Hall–Kier alpha value is -5.42. The van der Waals surface area contributed by atoms with Gasteiger partial charge in [0.15, 0.2) is 18.9 Å². The van der Waals surface area contributed by atoms with Gasteiger partial charge in [-0.15, -0.1) is 22.7 Å². The topological polar surface area (TPSA) is 135 Å². The van der Waals surface area contributed by atoms with Gasteiger partial charge in [-0.25, -0.2) is 29.6 Å². The first kappa shape index (κ1) is 35.4. The number of amides is 2. The Morgan fingerprint density at radius 3 is 1.82 bits per heavy atom. The summed E-state index contributed by atoms with van der Waals surface area (Å²) in [7, 11) is 0. The molecule has 16 heteroatoms. The highest BCUT2D eigenvalue weighted by atomic mass is 32.2. The van der Waals surface area contributed by atoms with Crippen LogP contribution in [0.3, 0.4) is 0 Å². The lowest BCUT2D eigenvalue weighted by molar-refractivity contribution is 0.0946. The zero-order valence-corrected chi connectivity index (χ0v) is 29.5. The third kappa shape index (κ3) is 10.3. The lowest BCUT2D eigenvalue weighted by Gasteiger charge is -1.98. The standard InChI is InChI=1S/C19H12FN3O2S2.C16H12FN3O2S2/c20-13-5-3-4-12(10-13)18(24)23-21-11-14-8-9-17(25-14)27-19-22-15-6-1-2-7-16(15)26-19;1-10-9-23-16(19-10)24-14-6-5-13(22-14)8-18-20-15(21)11-3-2-4-12(17)7-11/h1-11H,(H,23,24);2-9H,1H3,(H,20,21)/b21-11+;18-8+. The van der Waals surface area contributed by atoms with Crippen LogP contribution in [0.25, 0.3) is 10.2 Å². The predicted octanol–water partition coefficient (Wildman–Crippen LogP) is 9.04. The van der Waals surface area contributed by atoms with Gasteiger partial charge in [0.25, 0.3) is 11.8 Å². The molecule has 0 aliphatic heterocycles. The van der Waals surface area contributed by atoms with E-state index in [4.69, 9.17) is 8.83 Å². The molecule has 0 atom stereocenters. The van der Waals surface area contributed by atoms with Crippen LogP contribution in [0.2, 0.25) is 0 Å². The molecule has 10 nitrogen and oxygen atoms in total. The number of rotatable bonds is 10. The molecular formula is C35H24F2N6O4S4. The number of aryl methyl sites for hydroxylation is 1. The van der Waals surface area contributed by atoms with Crippen LogP contribution < -0.4 is 10.9 Å². The second kappa shape index (κ2) is 17.0. The number of halogens is 2. The van der Waals surface area contributed by atoms with Crippen molar-refractivity contribution in [3.8, 4) is 0 Å². The van der Waals surface area contributed by atoms with Crippen LogP contribution in [-0.2, 0) is 0 Å². The zero-order chi connectivity index (χ0) is 35.6. The molecule has 0 aliphatic carbocycles. The number of carbonyl (C=O) groups is 2. The summed E-state index contributed by atoms with van der Waals surface area (Å²) < 4.78 is 40.3.